The fourth-order valence-electron chi connectivity index (χ4n) is 1.09. The summed E-state index contributed by atoms with van der Waals surface area (Å²) in [6, 6.07) is 0. The number of rotatable bonds is 10. The molecule has 0 aliphatic carbocycles. The van der Waals surface area contributed by atoms with E-state index in [1.165, 1.54) is 0 Å². The fourth-order valence-corrected chi connectivity index (χ4v) is 1.09. The molecule has 132 valence electrons. The normalized spacial score (nSPS) is 13.8. The molecule has 0 aliphatic heterocycles. The van der Waals surface area contributed by atoms with Crippen LogP contribution in [0.25, 0.3) is 0 Å². The summed E-state index contributed by atoms with van der Waals surface area (Å²) in [5.41, 5.74) is -0.697. The molecule has 1 atom stereocenters. The van der Waals surface area contributed by atoms with Crippen LogP contribution in [0, 0.1) is 5.92 Å². The molecule has 0 rings (SSSR count). The first kappa shape index (κ1) is 20.9. The Morgan fingerprint density at radius 1 is 1.14 bits per heavy atom. The van der Waals surface area contributed by atoms with E-state index in [-0.39, 0.29) is 18.9 Å². The molecule has 0 saturated carbocycles. The van der Waals surface area contributed by atoms with Crippen LogP contribution >= 0.6 is 0 Å². The molecule has 0 bridgehead atoms. The van der Waals surface area contributed by atoms with Gasteiger partial charge in [-0.1, -0.05) is 13.8 Å². The minimum absolute atomic E-state index is 0.0251. The van der Waals surface area contributed by atoms with Gasteiger partial charge in [0, 0.05) is 6.42 Å². The maximum Gasteiger partial charge on any atom is 0.508 e. The summed E-state index contributed by atoms with van der Waals surface area (Å²) in [7, 11) is 0. The lowest BCUT2D eigenvalue weighted by molar-refractivity contribution is -0.527. The van der Waals surface area contributed by atoms with Crippen LogP contribution in [0.1, 0.15) is 34.1 Å². The predicted molar refractivity (Wildman–Crippen MR) is 67.6 cm³/mol. The molecule has 0 amide bonds. The van der Waals surface area contributed by atoms with Crippen molar-refractivity contribution in [2.75, 3.05) is 13.2 Å². The third-order valence-electron chi connectivity index (χ3n) is 3.02. The molecule has 0 aromatic rings. The van der Waals surface area contributed by atoms with Gasteiger partial charge in [-0.05, 0) is 19.8 Å². The van der Waals surface area contributed by atoms with E-state index in [0.717, 1.165) is 0 Å². The lowest BCUT2D eigenvalue weighted by Gasteiger charge is -2.28. The largest absolute Gasteiger partial charge is 0.508 e. The van der Waals surface area contributed by atoms with Gasteiger partial charge in [0.05, 0.1) is 17.4 Å². The zero-order chi connectivity index (χ0) is 17.3. The molecule has 0 aliphatic rings. The van der Waals surface area contributed by atoms with Gasteiger partial charge in [-0.2, -0.15) is 0 Å². The lowest BCUT2D eigenvalue weighted by Crippen LogP contribution is -2.35. The number of hydrogen-bond donors (Lipinski definition) is 4. The highest BCUT2D eigenvalue weighted by atomic mass is 17.1. The van der Waals surface area contributed by atoms with Gasteiger partial charge in [-0.3, -0.25) is 20.8 Å². The summed E-state index contributed by atoms with van der Waals surface area (Å²) >= 11 is 0. The van der Waals surface area contributed by atoms with Gasteiger partial charge >= 0.3 is 6.16 Å². The summed E-state index contributed by atoms with van der Waals surface area (Å²) in [5, 5.41) is 32.8. The first-order valence-electron chi connectivity index (χ1n) is 6.55. The molecule has 0 unspecified atom stereocenters. The first-order valence-corrected chi connectivity index (χ1v) is 6.55. The Hall–Kier alpha value is -1.05. The molecule has 11 heteroatoms. The molecule has 0 spiro atoms. The van der Waals surface area contributed by atoms with E-state index in [9.17, 15) is 4.79 Å². The van der Waals surface area contributed by atoms with E-state index in [1.807, 2.05) is 13.8 Å². The lowest BCUT2D eigenvalue weighted by atomic mass is 9.95. The van der Waals surface area contributed by atoms with Gasteiger partial charge < -0.3 is 9.47 Å². The molecule has 11 nitrogen and oxygen atoms in total. The average molecular weight is 328 g/mol. The van der Waals surface area contributed by atoms with Crippen molar-refractivity contribution in [3.63, 3.8) is 0 Å². The quantitative estimate of drug-likeness (QED) is 0.341. The van der Waals surface area contributed by atoms with Crippen molar-refractivity contribution in [2.24, 2.45) is 5.92 Å². The highest BCUT2D eigenvalue weighted by Gasteiger charge is 2.28. The van der Waals surface area contributed by atoms with Gasteiger partial charge in [0.25, 0.3) is 0 Å². The van der Waals surface area contributed by atoms with Gasteiger partial charge in [-0.15, -0.1) is 0 Å². The second-order valence-corrected chi connectivity index (χ2v) is 5.28. The van der Waals surface area contributed by atoms with Gasteiger partial charge in [-0.25, -0.2) is 14.5 Å². The summed E-state index contributed by atoms with van der Waals surface area (Å²) in [6.45, 7) is 6.64. The summed E-state index contributed by atoms with van der Waals surface area (Å²) in [5.74, 6) is 0.0851. The molecule has 0 fully saturated rings. The van der Waals surface area contributed by atoms with Crippen LogP contribution in [0.3, 0.4) is 0 Å². The molecule has 0 heterocycles. The Labute approximate surface area is 127 Å². The molecule has 0 aromatic carbocycles. The van der Waals surface area contributed by atoms with E-state index in [2.05, 4.69) is 9.68 Å². The second-order valence-electron chi connectivity index (χ2n) is 5.28. The average Bonchev–Trinajstić information content (AvgIpc) is 2.34. The van der Waals surface area contributed by atoms with Crippen LogP contribution in [0.2, 0.25) is 0 Å². The second kappa shape index (κ2) is 9.86. The Morgan fingerprint density at radius 2 is 1.73 bits per heavy atom. The van der Waals surface area contributed by atoms with E-state index in [0.29, 0.717) is 0 Å². The van der Waals surface area contributed by atoms with Crippen LogP contribution < -0.4 is 0 Å². The fraction of sp³-hybridized carbons (Fsp3) is 0.909. The van der Waals surface area contributed by atoms with Gasteiger partial charge in [0.15, 0.2) is 0 Å². The van der Waals surface area contributed by atoms with Crippen molar-refractivity contribution in [3.8, 4) is 0 Å². The van der Waals surface area contributed by atoms with E-state index in [1.54, 1.807) is 13.8 Å². The molecule has 0 radical (unpaired) electrons. The van der Waals surface area contributed by atoms with Crippen molar-refractivity contribution < 1.29 is 44.8 Å². The molecular formula is C11H24N2O9. The molecular weight excluding hydrogens is 304 g/mol. The Kier molecular flexibility index (Phi) is 9.39. The Bertz CT molecular complexity index is 323. The molecule has 4 N–H and O–H groups in total. The smallest absolute Gasteiger partial charge is 0.434 e. The van der Waals surface area contributed by atoms with Crippen LogP contribution in [0.15, 0.2) is 0 Å². The number of ether oxygens (including phenoxy) is 2. The monoisotopic (exact) mass is 328 g/mol. The van der Waals surface area contributed by atoms with E-state index >= 15 is 0 Å². The van der Waals surface area contributed by atoms with Crippen molar-refractivity contribution in [2.45, 2.75) is 45.8 Å². The maximum atomic E-state index is 11.5. The number of carbonyl (C=O) groups excluding carboxylic acids is 1. The number of nitrogens with zero attached hydrogens (tertiary/aromatic N) is 2. The van der Waals surface area contributed by atoms with Crippen molar-refractivity contribution in [1.82, 2.24) is 10.8 Å². The minimum atomic E-state index is -1.03. The topological polar surface area (TPSA) is 141 Å². The zero-order valence-corrected chi connectivity index (χ0v) is 13.0. The van der Waals surface area contributed by atoms with Gasteiger partial charge in [0.2, 0.25) is 0 Å². The van der Waals surface area contributed by atoms with Crippen LogP contribution in [-0.2, 0) is 19.1 Å². The third kappa shape index (κ3) is 9.81. The third-order valence-corrected chi connectivity index (χ3v) is 3.02. The maximum absolute atomic E-state index is 11.5. The number of carbonyl (C=O) groups is 1. The molecule has 0 aromatic heterocycles. The predicted octanol–water partition coefficient (Wildman–Crippen LogP) is 1.36. The zero-order valence-electron chi connectivity index (χ0n) is 13.0. The summed E-state index contributed by atoms with van der Waals surface area (Å²) in [6.07, 6.45) is -1.93. The van der Waals surface area contributed by atoms with Crippen molar-refractivity contribution in [3.05, 3.63) is 0 Å². The first-order chi connectivity index (χ1) is 10.0. The van der Waals surface area contributed by atoms with Crippen LogP contribution in [0.4, 0.5) is 4.79 Å². The standard InChI is InChI=1S/C11H24N2O9/c1-8(2)11(3,4)21-10(14)19-6-5-9(22-13(17)18)7-20-12(15)16/h8-9,15-18H,5-7H2,1-4H3/t9-/m0/s1. The summed E-state index contributed by atoms with van der Waals surface area (Å²) < 4.78 is 9.96. The van der Waals surface area contributed by atoms with Crippen molar-refractivity contribution >= 4 is 6.16 Å². The molecule has 0 saturated heterocycles. The highest BCUT2D eigenvalue weighted by Crippen LogP contribution is 2.21. The van der Waals surface area contributed by atoms with Crippen LogP contribution in [0.5, 0.6) is 0 Å². The summed E-state index contributed by atoms with van der Waals surface area (Å²) in [4.78, 5) is 20.3. The van der Waals surface area contributed by atoms with Gasteiger partial charge in [0.1, 0.15) is 18.3 Å². The Morgan fingerprint density at radius 3 is 2.18 bits per heavy atom. The SMILES string of the molecule is CC(C)C(C)(C)OC(=O)OCC[C@@H](CON(O)O)ON(O)O. The van der Waals surface area contributed by atoms with Crippen LogP contribution in [-0.4, -0.2) is 62.7 Å². The van der Waals surface area contributed by atoms with E-state index in [4.69, 9.17) is 30.3 Å². The van der Waals surface area contributed by atoms with Crippen molar-refractivity contribution in [1.29, 1.82) is 0 Å². The van der Waals surface area contributed by atoms with E-state index < -0.39 is 35.2 Å². The molecule has 22 heavy (non-hydrogen) atoms. The Balaban J connectivity index is 4.17. The minimum Gasteiger partial charge on any atom is -0.434 e. The highest BCUT2D eigenvalue weighted by molar-refractivity contribution is 5.60. The number of hydrogen-bond acceptors (Lipinski definition) is 11.